The lowest BCUT2D eigenvalue weighted by Gasteiger charge is -1.97. The fraction of sp³-hybridized carbons (Fsp3) is 0. The molecule has 0 amide bonds. The van der Waals surface area contributed by atoms with E-state index in [2.05, 4.69) is 15.2 Å². The van der Waals surface area contributed by atoms with Gasteiger partial charge in [-0.3, -0.25) is 5.10 Å². The first kappa shape index (κ1) is 8.96. The summed E-state index contributed by atoms with van der Waals surface area (Å²) in [7, 11) is 0. The smallest absolute Gasteiger partial charge is 0.239 e. The van der Waals surface area contributed by atoms with Gasteiger partial charge in [-0.25, -0.2) is 4.39 Å². The number of aromatic nitrogens is 3. The van der Waals surface area contributed by atoms with Crippen molar-refractivity contribution in [2.45, 2.75) is 0 Å². The van der Waals surface area contributed by atoms with Gasteiger partial charge in [0, 0.05) is 5.56 Å². The number of benzene rings is 1. The molecular weight excluding hydrogens is 207 g/mol. The van der Waals surface area contributed by atoms with Crippen LogP contribution in [-0.2, 0) is 0 Å². The van der Waals surface area contributed by atoms with Gasteiger partial charge in [-0.2, -0.15) is 4.98 Å². The Morgan fingerprint density at radius 3 is 2.79 bits per heavy atom. The lowest BCUT2D eigenvalue weighted by Crippen LogP contribution is -1.86. The van der Waals surface area contributed by atoms with Crippen molar-refractivity contribution in [1.82, 2.24) is 15.2 Å². The first-order valence-electron chi connectivity index (χ1n) is 3.80. The number of H-pyrrole nitrogens is 1. The molecule has 1 aromatic carbocycles. The minimum Gasteiger partial charge on any atom is -0.366 e. The molecule has 0 saturated heterocycles. The Bertz CT molecular complexity index is 468. The molecular formula is C8H6ClFN4. The minimum atomic E-state index is -0.501. The van der Waals surface area contributed by atoms with Crippen molar-refractivity contribution in [3.63, 3.8) is 0 Å². The van der Waals surface area contributed by atoms with Gasteiger partial charge in [0.05, 0.1) is 5.02 Å². The predicted octanol–water partition coefficient (Wildman–Crippen LogP) is 1.85. The summed E-state index contributed by atoms with van der Waals surface area (Å²) in [4.78, 5) is 3.85. The molecule has 72 valence electrons. The van der Waals surface area contributed by atoms with Crippen molar-refractivity contribution in [2.24, 2.45) is 0 Å². The number of nitrogens with two attached hydrogens (primary N) is 1. The van der Waals surface area contributed by atoms with Gasteiger partial charge < -0.3 is 5.73 Å². The number of hydrogen-bond donors (Lipinski definition) is 2. The Kier molecular flexibility index (Phi) is 2.09. The normalized spacial score (nSPS) is 10.4. The molecule has 0 fully saturated rings. The summed E-state index contributed by atoms with van der Waals surface area (Å²) in [5.74, 6) is 0.0348. The second-order valence-corrected chi connectivity index (χ2v) is 3.08. The van der Waals surface area contributed by atoms with Crippen molar-refractivity contribution in [3.8, 4) is 11.4 Å². The van der Waals surface area contributed by atoms with Gasteiger partial charge >= 0.3 is 0 Å². The number of rotatable bonds is 1. The molecule has 1 heterocycles. The quantitative estimate of drug-likeness (QED) is 0.758. The molecule has 6 heteroatoms. The van der Waals surface area contributed by atoms with Crippen LogP contribution in [0.3, 0.4) is 0 Å². The Hall–Kier alpha value is -1.62. The van der Waals surface area contributed by atoms with Crippen molar-refractivity contribution >= 4 is 17.5 Å². The summed E-state index contributed by atoms with van der Waals surface area (Å²) < 4.78 is 13.0. The van der Waals surface area contributed by atoms with Crippen LogP contribution >= 0.6 is 11.6 Å². The molecule has 2 rings (SSSR count). The fourth-order valence-corrected chi connectivity index (χ4v) is 1.16. The molecule has 0 atom stereocenters. The first-order chi connectivity index (χ1) is 6.66. The highest BCUT2D eigenvalue weighted by atomic mass is 35.5. The van der Waals surface area contributed by atoms with Gasteiger partial charge in [-0.05, 0) is 18.2 Å². The maximum Gasteiger partial charge on any atom is 0.239 e. The molecule has 14 heavy (non-hydrogen) atoms. The number of nitrogen functional groups attached to an aromatic ring is 1. The molecule has 4 nitrogen and oxygen atoms in total. The lowest BCUT2D eigenvalue weighted by atomic mass is 10.2. The van der Waals surface area contributed by atoms with Gasteiger partial charge in [0.2, 0.25) is 5.95 Å². The van der Waals surface area contributed by atoms with Crippen LogP contribution in [0.2, 0.25) is 5.02 Å². The zero-order valence-electron chi connectivity index (χ0n) is 6.96. The molecule has 0 saturated carbocycles. The fourth-order valence-electron chi connectivity index (χ4n) is 1.05. The van der Waals surface area contributed by atoms with E-state index in [0.29, 0.717) is 11.4 Å². The number of nitrogens with zero attached hydrogens (tertiary/aromatic N) is 2. The van der Waals surface area contributed by atoms with E-state index in [-0.39, 0.29) is 11.0 Å². The highest BCUT2D eigenvalue weighted by molar-refractivity contribution is 6.30. The number of nitrogens with one attached hydrogen (secondary N) is 1. The SMILES string of the molecule is Nc1n[nH]c(-c2ccc(Cl)c(F)c2)n1. The molecule has 0 unspecified atom stereocenters. The second kappa shape index (κ2) is 3.26. The number of anilines is 1. The maximum absolute atomic E-state index is 13.0. The van der Waals surface area contributed by atoms with E-state index in [4.69, 9.17) is 17.3 Å². The van der Waals surface area contributed by atoms with Crippen LogP contribution in [0.5, 0.6) is 0 Å². The van der Waals surface area contributed by atoms with Gasteiger partial charge in [0.1, 0.15) is 5.82 Å². The van der Waals surface area contributed by atoms with Gasteiger partial charge in [-0.15, -0.1) is 5.10 Å². The van der Waals surface area contributed by atoms with E-state index in [9.17, 15) is 4.39 Å². The topological polar surface area (TPSA) is 67.6 Å². The summed E-state index contributed by atoms with van der Waals surface area (Å²) in [5, 5.41) is 6.27. The number of aromatic amines is 1. The van der Waals surface area contributed by atoms with Crippen LogP contribution in [0.4, 0.5) is 10.3 Å². The molecule has 3 N–H and O–H groups in total. The molecule has 1 aromatic heterocycles. The monoisotopic (exact) mass is 212 g/mol. The van der Waals surface area contributed by atoms with E-state index in [1.54, 1.807) is 6.07 Å². The maximum atomic E-state index is 13.0. The highest BCUT2D eigenvalue weighted by Gasteiger charge is 2.06. The first-order valence-corrected chi connectivity index (χ1v) is 4.18. The number of halogens is 2. The van der Waals surface area contributed by atoms with Crippen LogP contribution in [0.25, 0.3) is 11.4 Å². The molecule has 0 radical (unpaired) electrons. The van der Waals surface area contributed by atoms with E-state index < -0.39 is 5.82 Å². The van der Waals surface area contributed by atoms with Crippen molar-refractivity contribution in [3.05, 3.63) is 29.0 Å². The van der Waals surface area contributed by atoms with E-state index >= 15 is 0 Å². The second-order valence-electron chi connectivity index (χ2n) is 2.67. The van der Waals surface area contributed by atoms with Crippen LogP contribution in [0.1, 0.15) is 0 Å². The summed E-state index contributed by atoms with van der Waals surface area (Å²) in [6, 6.07) is 4.35. The molecule has 0 spiro atoms. The summed E-state index contributed by atoms with van der Waals surface area (Å²) in [6.07, 6.45) is 0. The molecule has 0 aliphatic heterocycles. The molecule has 2 aromatic rings. The third-order valence-corrected chi connectivity index (χ3v) is 2.00. The van der Waals surface area contributed by atoms with Crippen molar-refractivity contribution in [2.75, 3.05) is 5.73 Å². The summed E-state index contributed by atoms with van der Waals surface area (Å²) in [6.45, 7) is 0. The largest absolute Gasteiger partial charge is 0.366 e. The summed E-state index contributed by atoms with van der Waals surface area (Å²) >= 11 is 5.53. The minimum absolute atomic E-state index is 0.0706. The highest BCUT2D eigenvalue weighted by Crippen LogP contribution is 2.21. The molecule has 0 aliphatic carbocycles. The average Bonchev–Trinajstić information content (AvgIpc) is 2.57. The van der Waals surface area contributed by atoms with Crippen LogP contribution < -0.4 is 5.73 Å². The molecule has 0 aliphatic rings. The molecule has 0 bridgehead atoms. The Morgan fingerprint density at radius 1 is 1.43 bits per heavy atom. The van der Waals surface area contributed by atoms with E-state index in [1.165, 1.54) is 12.1 Å². The zero-order valence-corrected chi connectivity index (χ0v) is 7.72. The van der Waals surface area contributed by atoms with Crippen molar-refractivity contribution < 1.29 is 4.39 Å². The Balaban J connectivity index is 2.47. The standard InChI is InChI=1S/C8H6ClFN4/c9-5-2-1-4(3-6(5)10)7-12-8(11)14-13-7/h1-3H,(H3,11,12,13,14). The van der Waals surface area contributed by atoms with E-state index in [1.807, 2.05) is 0 Å². The predicted molar refractivity (Wildman–Crippen MR) is 51.2 cm³/mol. The lowest BCUT2D eigenvalue weighted by molar-refractivity contribution is 0.628. The Labute approximate surface area is 83.9 Å². The summed E-state index contributed by atoms with van der Waals surface area (Å²) in [5.41, 5.74) is 5.86. The zero-order chi connectivity index (χ0) is 10.1. The number of hydrogen-bond acceptors (Lipinski definition) is 3. The van der Waals surface area contributed by atoms with Crippen LogP contribution in [0.15, 0.2) is 18.2 Å². The third kappa shape index (κ3) is 1.54. The van der Waals surface area contributed by atoms with Gasteiger partial charge in [0.25, 0.3) is 0 Å². The van der Waals surface area contributed by atoms with Crippen molar-refractivity contribution in [1.29, 1.82) is 0 Å². The van der Waals surface area contributed by atoms with Gasteiger partial charge in [0.15, 0.2) is 5.82 Å². The third-order valence-electron chi connectivity index (χ3n) is 1.70. The van der Waals surface area contributed by atoms with Crippen LogP contribution in [0, 0.1) is 5.82 Å². The Morgan fingerprint density at radius 2 is 2.21 bits per heavy atom. The van der Waals surface area contributed by atoms with E-state index in [0.717, 1.165) is 0 Å². The van der Waals surface area contributed by atoms with Gasteiger partial charge in [-0.1, -0.05) is 11.6 Å². The van der Waals surface area contributed by atoms with Crippen LogP contribution in [-0.4, -0.2) is 15.2 Å². The average molecular weight is 213 g/mol.